The maximum atomic E-state index is 12.9. The van der Waals surface area contributed by atoms with Crippen LogP contribution in [0.25, 0.3) is 27.7 Å². The quantitative estimate of drug-likeness (QED) is 0.181. The maximum Gasteiger partial charge on any atom is 0.339 e. The lowest BCUT2D eigenvalue weighted by Crippen LogP contribution is -2.24. The summed E-state index contributed by atoms with van der Waals surface area (Å²) in [7, 11) is 0. The molecule has 0 saturated carbocycles. The Hall–Kier alpha value is -4.57. The number of ether oxygens (including phenoxy) is 1. The van der Waals surface area contributed by atoms with E-state index in [9.17, 15) is 4.79 Å². The van der Waals surface area contributed by atoms with Crippen molar-refractivity contribution in [1.82, 2.24) is 9.88 Å². The number of esters is 1. The molecule has 0 amide bonds. The summed E-state index contributed by atoms with van der Waals surface area (Å²) >= 11 is 0. The Labute approximate surface area is 268 Å². The Bertz CT molecular complexity index is 1840. The van der Waals surface area contributed by atoms with Crippen LogP contribution in [0.1, 0.15) is 85.4 Å². The van der Waals surface area contributed by atoms with Gasteiger partial charge in [0.15, 0.2) is 0 Å². The fraction of sp³-hybridized carbons (Fsp3) is 0.293. The number of aryl methyl sites for hydroxylation is 1. The summed E-state index contributed by atoms with van der Waals surface area (Å²) in [4.78, 5) is 12.9. The highest BCUT2D eigenvalue weighted by Gasteiger charge is 2.21. The molecule has 5 rings (SSSR count). The number of carbonyl (C=O) groups is 1. The van der Waals surface area contributed by atoms with Crippen molar-refractivity contribution in [2.24, 2.45) is 0 Å². The van der Waals surface area contributed by atoms with Crippen LogP contribution in [-0.4, -0.2) is 16.1 Å². The van der Waals surface area contributed by atoms with Crippen LogP contribution in [0.3, 0.4) is 0 Å². The van der Waals surface area contributed by atoms with Crippen molar-refractivity contribution in [3.63, 3.8) is 0 Å². The van der Waals surface area contributed by atoms with Crippen LogP contribution in [0.2, 0.25) is 0 Å². The zero-order chi connectivity index (χ0) is 32.5. The minimum absolute atomic E-state index is 0.149. The average Bonchev–Trinajstić information content (AvgIpc) is 3.23. The van der Waals surface area contributed by atoms with Crippen molar-refractivity contribution in [2.75, 3.05) is 0 Å². The van der Waals surface area contributed by atoms with Gasteiger partial charge in [-0.2, -0.15) is 0 Å². The minimum atomic E-state index is -0.549. The molecular formula is C41H46N2O2. The number of nitrogens with zero attached hydrogens (tertiary/aromatic N) is 1. The minimum Gasteiger partial charge on any atom is -0.456 e. The molecule has 1 heterocycles. The molecule has 0 spiro atoms. The number of rotatable bonds is 8. The molecule has 0 atom stereocenters. The first kappa shape index (κ1) is 31.8. The highest BCUT2D eigenvalue weighted by atomic mass is 16.6. The summed E-state index contributed by atoms with van der Waals surface area (Å²) in [6, 6.07) is 31.6. The molecule has 0 fully saturated rings. The smallest absolute Gasteiger partial charge is 0.339 e. The molecule has 0 radical (unpaired) electrons. The number of carbonyl (C=O) groups excluding carboxylic acids is 1. The van der Waals surface area contributed by atoms with Gasteiger partial charge in [0.25, 0.3) is 0 Å². The predicted octanol–water partition coefficient (Wildman–Crippen LogP) is 9.99. The summed E-state index contributed by atoms with van der Waals surface area (Å²) in [5.74, 6) is -0.306. The highest BCUT2D eigenvalue weighted by molar-refractivity contribution is 5.97. The first-order valence-electron chi connectivity index (χ1n) is 15.7. The van der Waals surface area contributed by atoms with Gasteiger partial charge < -0.3 is 14.6 Å². The molecule has 4 nitrogen and oxygen atoms in total. The Balaban J connectivity index is 1.32. The summed E-state index contributed by atoms with van der Waals surface area (Å²) in [6.07, 6.45) is 0. The molecular weight excluding hydrogens is 552 g/mol. The van der Waals surface area contributed by atoms with Crippen molar-refractivity contribution in [3.8, 4) is 11.1 Å². The molecule has 0 unspecified atom stereocenters. The van der Waals surface area contributed by atoms with Crippen molar-refractivity contribution in [2.45, 2.75) is 79.5 Å². The maximum absolute atomic E-state index is 12.9. The van der Waals surface area contributed by atoms with Crippen molar-refractivity contribution in [1.29, 1.82) is 0 Å². The summed E-state index contributed by atoms with van der Waals surface area (Å²) < 4.78 is 8.04. The summed E-state index contributed by atoms with van der Waals surface area (Å²) in [5, 5.41) is 4.77. The number of hydrogen-bond acceptors (Lipinski definition) is 3. The second-order valence-corrected chi connectivity index (χ2v) is 14.1. The topological polar surface area (TPSA) is 43.3 Å². The molecule has 0 saturated heterocycles. The van der Waals surface area contributed by atoms with Gasteiger partial charge in [0.1, 0.15) is 5.60 Å². The molecule has 45 heavy (non-hydrogen) atoms. The largest absolute Gasteiger partial charge is 0.456 e. The van der Waals surface area contributed by atoms with Gasteiger partial charge in [0, 0.05) is 35.4 Å². The first-order chi connectivity index (χ1) is 21.2. The van der Waals surface area contributed by atoms with E-state index in [1.54, 1.807) is 0 Å². The van der Waals surface area contributed by atoms with E-state index in [1.165, 1.54) is 38.9 Å². The van der Waals surface area contributed by atoms with Gasteiger partial charge in [-0.15, -0.1) is 0 Å². The second kappa shape index (κ2) is 12.4. The van der Waals surface area contributed by atoms with E-state index in [0.717, 1.165) is 35.5 Å². The second-order valence-electron chi connectivity index (χ2n) is 14.1. The number of aromatic nitrogens is 1. The lowest BCUT2D eigenvalue weighted by Gasteiger charge is -2.20. The number of benzene rings is 4. The van der Waals surface area contributed by atoms with Crippen LogP contribution in [0.4, 0.5) is 0 Å². The van der Waals surface area contributed by atoms with Crippen molar-refractivity contribution < 1.29 is 9.53 Å². The molecule has 0 aliphatic carbocycles. The Kier molecular flexibility index (Phi) is 8.80. The molecule has 0 bridgehead atoms. The molecule has 4 aromatic carbocycles. The number of fused-ring (bicyclic) bond motifs is 1. The summed E-state index contributed by atoms with van der Waals surface area (Å²) in [6.45, 7) is 22.6. The third-order valence-corrected chi connectivity index (χ3v) is 8.46. The van der Waals surface area contributed by atoms with Crippen molar-refractivity contribution in [3.05, 3.63) is 137 Å². The standard InChI is InChI=1S/C41H46N2O2/c1-27-29(3)43(26-31-14-18-32(19-15-31)35-12-10-11-13-36(35)39(44)45-41(7,8)9)38-23-20-33(24-37(27)38)28(2)42-25-30-16-21-34(22-17-30)40(4,5)6/h10-24,42H,2,25-26H2,1,3-9H3. The molecule has 0 aliphatic rings. The predicted molar refractivity (Wildman–Crippen MR) is 189 cm³/mol. The SMILES string of the molecule is C=C(NCc1ccc(C(C)(C)C)cc1)c1ccc2c(c1)c(C)c(C)n2Cc1ccc(-c2ccccc2C(=O)OC(C)(C)C)cc1. The normalized spacial score (nSPS) is 11.9. The summed E-state index contributed by atoms with van der Waals surface area (Å²) in [5.41, 5.74) is 11.6. The van der Waals surface area contributed by atoms with Crippen LogP contribution in [0.15, 0.2) is 97.6 Å². The fourth-order valence-corrected chi connectivity index (χ4v) is 5.69. The number of nitrogens with one attached hydrogen (secondary N) is 1. The third kappa shape index (κ3) is 7.23. The molecule has 1 aromatic heterocycles. The van der Waals surface area contributed by atoms with E-state index in [0.29, 0.717) is 5.56 Å². The third-order valence-electron chi connectivity index (χ3n) is 8.46. The zero-order valence-electron chi connectivity index (χ0n) is 28.0. The van der Waals surface area contributed by atoms with Gasteiger partial charge in [0.2, 0.25) is 0 Å². The van der Waals surface area contributed by atoms with E-state index >= 15 is 0 Å². The van der Waals surface area contributed by atoms with Gasteiger partial charge in [-0.1, -0.05) is 100 Å². The zero-order valence-corrected chi connectivity index (χ0v) is 28.0. The lowest BCUT2D eigenvalue weighted by molar-refractivity contribution is 0.00704. The highest BCUT2D eigenvalue weighted by Crippen LogP contribution is 2.30. The fourth-order valence-electron chi connectivity index (χ4n) is 5.69. The van der Waals surface area contributed by atoms with E-state index in [1.807, 2.05) is 45.0 Å². The molecule has 4 heteroatoms. The van der Waals surface area contributed by atoms with Gasteiger partial charge in [-0.05, 0) is 97.2 Å². The van der Waals surface area contributed by atoms with Gasteiger partial charge >= 0.3 is 5.97 Å². The first-order valence-corrected chi connectivity index (χ1v) is 15.7. The molecule has 1 N–H and O–H groups in total. The number of hydrogen-bond donors (Lipinski definition) is 1. The van der Waals surface area contributed by atoms with Crippen LogP contribution in [-0.2, 0) is 23.2 Å². The van der Waals surface area contributed by atoms with Crippen molar-refractivity contribution >= 4 is 22.6 Å². The monoisotopic (exact) mass is 598 g/mol. The van der Waals surface area contributed by atoms with Gasteiger partial charge in [-0.3, -0.25) is 0 Å². The molecule has 0 aliphatic heterocycles. The van der Waals surface area contributed by atoms with Crippen LogP contribution in [0, 0.1) is 13.8 Å². The van der Waals surface area contributed by atoms with Crippen LogP contribution >= 0.6 is 0 Å². The van der Waals surface area contributed by atoms with E-state index in [2.05, 4.69) is 118 Å². The van der Waals surface area contributed by atoms with E-state index < -0.39 is 5.60 Å². The Morgan fingerprint density at radius 1 is 0.822 bits per heavy atom. The van der Waals surface area contributed by atoms with E-state index in [-0.39, 0.29) is 11.4 Å². The Morgan fingerprint density at radius 3 is 2.11 bits per heavy atom. The van der Waals surface area contributed by atoms with Gasteiger partial charge in [0.05, 0.1) is 5.56 Å². The van der Waals surface area contributed by atoms with Crippen LogP contribution < -0.4 is 5.32 Å². The average molecular weight is 599 g/mol. The van der Waals surface area contributed by atoms with Gasteiger partial charge in [-0.25, -0.2) is 4.79 Å². The molecule has 5 aromatic rings. The Morgan fingerprint density at radius 2 is 1.47 bits per heavy atom. The van der Waals surface area contributed by atoms with Crippen LogP contribution in [0.5, 0.6) is 0 Å². The molecule has 232 valence electrons. The lowest BCUT2D eigenvalue weighted by atomic mass is 9.87. The van der Waals surface area contributed by atoms with E-state index in [4.69, 9.17) is 4.74 Å².